The van der Waals surface area contributed by atoms with Gasteiger partial charge < -0.3 is 20.7 Å². The Morgan fingerprint density at radius 1 is 1.16 bits per heavy atom. The Morgan fingerprint density at radius 2 is 1.81 bits per heavy atom. The zero-order chi connectivity index (χ0) is 26.6. The van der Waals surface area contributed by atoms with Crippen LogP contribution in [0.5, 0.6) is 0 Å². The largest absolute Gasteiger partial charge is 0.382 e. The SMILES string of the molecule is COC1CCN(CCCS(=O)(=O)N2CCC(Nc3nc(N)c(C(=O)c4c(F)cccc4F)s3)CC2)CC1. The lowest BCUT2D eigenvalue weighted by Gasteiger charge is -2.33. The number of rotatable bonds is 10. The number of benzene rings is 1. The number of nitrogens with zero attached hydrogens (tertiary/aromatic N) is 3. The van der Waals surface area contributed by atoms with Crippen LogP contribution in [0.1, 0.15) is 47.3 Å². The number of nitrogen functional groups attached to an aromatic ring is 1. The summed E-state index contributed by atoms with van der Waals surface area (Å²) in [5, 5.41) is 3.55. The monoisotopic (exact) mass is 557 g/mol. The topological polar surface area (TPSA) is 118 Å². The van der Waals surface area contributed by atoms with Crippen LogP contribution in [0, 0.1) is 11.6 Å². The molecule has 37 heavy (non-hydrogen) atoms. The number of hydrogen-bond donors (Lipinski definition) is 2. The fourth-order valence-electron chi connectivity index (χ4n) is 4.81. The van der Waals surface area contributed by atoms with E-state index < -0.39 is 33.0 Å². The Balaban J connectivity index is 1.26. The van der Waals surface area contributed by atoms with Gasteiger partial charge in [-0.05, 0) is 50.8 Å². The normalized spacial score (nSPS) is 18.8. The standard InChI is InChI=1S/C24H33F2N5O4S2/c1-35-17-8-11-30(12-9-17)10-3-15-37(33,34)31-13-6-16(7-14-31)28-24-29-23(27)22(36-24)21(32)20-18(25)4-2-5-19(20)26/h2,4-5,16-17H,3,6-15,27H2,1H3,(H,28,29). The van der Waals surface area contributed by atoms with E-state index in [1.54, 1.807) is 7.11 Å². The Bertz CT molecular complexity index is 1170. The van der Waals surface area contributed by atoms with Gasteiger partial charge >= 0.3 is 0 Å². The van der Waals surface area contributed by atoms with Crippen LogP contribution in [0.15, 0.2) is 18.2 Å². The number of aromatic nitrogens is 1. The number of piperidine rings is 2. The number of hydrogen-bond acceptors (Lipinski definition) is 9. The highest BCUT2D eigenvalue weighted by molar-refractivity contribution is 7.89. The van der Waals surface area contributed by atoms with E-state index in [-0.39, 0.29) is 22.5 Å². The van der Waals surface area contributed by atoms with Crippen molar-refractivity contribution in [3.8, 4) is 0 Å². The molecule has 0 aliphatic carbocycles. The molecule has 0 bridgehead atoms. The third-order valence-corrected chi connectivity index (χ3v) is 9.93. The molecule has 4 rings (SSSR count). The van der Waals surface area contributed by atoms with Crippen LogP contribution in [0.25, 0.3) is 0 Å². The van der Waals surface area contributed by atoms with E-state index in [4.69, 9.17) is 10.5 Å². The summed E-state index contributed by atoms with van der Waals surface area (Å²) in [6, 6.07) is 3.15. The summed E-state index contributed by atoms with van der Waals surface area (Å²) in [5.41, 5.74) is 5.21. The highest BCUT2D eigenvalue weighted by atomic mass is 32.2. The number of nitrogens with one attached hydrogen (secondary N) is 1. The Hall–Kier alpha value is -2.19. The molecule has 2 fully saturated rings. The molecule has 0 atom stereocenters. The molecule has 0 spiro atoms. The van der Waals surface area contributed by atoms with Crippen molar-refractivity contribution in [2.45, 2.75) is 44.2 Å². The molecule has 0 saturated carbocycles. The van der Waals surface area contributed by atoms with Gasteiger partial charge in [-0.2, -0.15) is 0 Å². The summed E-state index contributed by atoms with van der Waals surface area (Å²) >= 11 is 0.931. The van der Waals surface area contributed by atoms with Crippen LogP contribution in [0.3, 0.4) is 0 Å². The number of thiazole rings is 1. The summed E-state index contributed by atoms with van der Waals surface area (Å²) in [5.74, 6) is -2.77. The first kappa shape index (κ1) is 27.8. The summed E-state index contributed by atoms with van der Waals surface area (Å²) < 4.78 is 60.7. The number of anilines is 2. The number of carbonyl (C=O) groups excluding carboxylic acids is 1. The van der Waals surface area contributed by atoms with Crippen molar-refractivity contribution in [3.05, 3.63) is 40.3 Å². The molecule has 0 radical (unpaired) electrons. The lowest BCUT2D eigenvalue weighted by atomic mass is 10.1. The van der Waals surface area contributed by atoms with Crippen LogP contribution in [-0.4, -0.2) is 86.1 Å². The van der Waals surface area contributed by atoms with Crippen LogP contribution < -0.4 is 11.1 Å². The van der Waals surface area contributed by atoms with Crippen molar-refractivity contribution in [2.75, 3.05) is 56.6 Å². The van der Waals surface area contributed by atoms with Crippen molar-refractivity contribution in [3.63, 3.8) is 0 Å². The van der Waals surface area contributed by atoms with Crippen molar-refractivity contribution in [2.24, 2.45) is 0 Å². The van der Waals surface area contributed by atoms with Crippen LogP contribution in [-0.2, 0) is 14.8 Å². The van der Waals surface area contributed by atoms with Gasteiger partial charge in [-0.15, -0.1) is 0 Å². The van der Waals surface area contributed by atoms with E-state index >= 15 is 0 Å². The minimum atomic E-state index is -3.34. The molecule has 2 aliphatic heterocycles. The molecular weight excluding hydrogens is 524 g/mol. The number of ketones is 1. The van der Waals surface area contributed by atoms with Gasteiger partial charge in [0.2, 0.25) is 15.8 Å². The van der Waals surface area contributed by atoms with E-state index in [2.05, 4.69) is 15.2 Å². The van der Waals surface area contributed by atoms with Gasteiger partial charge in [0.15, 0.2) is 5.13 Å². The number of likely N-dealkylation sites (tertiary alicyclic amines) is 1. The van der Waals surface area contributed by atoms with Gasteiger partial charge in [-0.25, -0.2) is 26.5 Å². The van der Waals surface area contributed by atoms with Gasteiger partial charge in [-0.1, -0.05) is 17.4 Å². The molecule has 2 aromatic rings. The maximum absolute atomic E-state index is 14.0. The summed E-state index contributed by atoms with van der Waals surface area (Å²) in [7, 11) is -1.61. The van der Waals surface area contributed by atoms with Crippen LogP contribution in [0.2, 0.25) is 0 Å². The molecule has 9 nitrogen and oxygen atoms in total. The number of nitrogens with two attached hydrogens (primary N) is 1. The number of sulfonamides is 1. The molecule has 2 saturated heterocycles. The summed E-state index contributed by atoms with van der Waals surface area (Å²) in [6.45, 7) is 3.38. The van der Waals surface area contributed by atoms with Crippen molar-refractivity contribution < 1.29 is 26.7 Å². The third kappa shape index (κ3) is 6.82. The molecule has 1 aromatic heterocycles. The molecule has 3 N–H and O–H groups in total. The van der Waals surface area contributed by atoms with Crippen molar-refractivity contribution in [1.82, 2.24) is 14.2 Å². The minimum Gasteiger partial charge on any atom is -0.382 e. The first-order valence-electron chi connectivity index (χ1n) is 12.4. The van der Waals surface area contributed by atoms with Crippen LogP contribution in [0.4, 0.5) is 19.7 Å². The Morgan fingerprint density at radius 3 is 2.43 bits per heavy atom. The molecular formula is C24H33F2N5O4S2. The zero-order valence-electron chi connectivity index (χ0n) is 20.8. The van der Waals surface area contributed by atoms with Gasteiger partial charge in [0, 0.05) is 39.3 Å². The van der Waals surface area contributed by atoms with Gasteiger partial charge in [-0.3, -0.25) is 4.79 Å². The molecule has 1 aromatic carbocycles. The lowest BCUT2D eigenvalue weighted by Crippen LogP contribution is -2.44. The average Bonchev–Trinajstić information content (AvgIpc) is 3.24. The van der Waals surface area contributed by atoms with E-state index in [0.29, 0.717) is 43.6 Å². The molecule has 13 heteroatoms. The molecule has 0 unspecified atom stereocenters. The highest BCUT2D eigenvalue weighted by Gasteiger charge is 2.30. The van der Waals surface area contributed by atoms with Crippen molar-refractivity contribution >= 4 is 38.1 Å². The first-order valence-corrected chi connectivity index (χ1v) is 14.8. The summed E-state index contributed by atoms with van der Waals surface area (Å²) in [4.78, 5) is 19.1. The van der Waals surface area contributed by atoms with Crippen LogP contribution >= 0.6 is 11.3 Å². The summed E-state index contributed by atoms with van der Waals surface area (Å²) in [6.07, 6.45) is 3.98. The number of ether oxygens (including phenoxy) is 1. The quantitative estimate of drug-likeness (QED) is 0.428. The second kappa shape index (κ2) is 12.1. The maximum atomic E-state index is 14.0. The second-order valence-corrected chi connectivity index (χ2v) is 12.5. The van der Waals surface area contributed by atoms with E-state index in [1.165, 1.54) is 10.4 Å². The van der Waals surface area contributed by atoms with Gasteiger partial charge in [0.25, 0.3) is 0 Å². The third-order valence-electron chi connectivity index (χ3n) is 6.97. The molecule has 204 valence electrons. The minimum absolute atomic E-state index is 0.0436. The Kier molecular flexibility index (Phi) is 9.11. The fourth-order valence-corrected chi connectivity index (χ4v) is 7.23. The zero-order valence-corrected chi connectivity index (χ0v) is 22.4. The average molecular weight is 558 g/mol. The predicted molar refractivity (Wildman–Crippen MR) is 139 cm³/mol. The molecule has 2 aliphatic rings. The lowest BCUT2D eigenvalue weighted by molar-refractivity contribution is 0.0412. The maximum Gasteiger partial charge on any atom is 0.214 e. The molecule has 3 heterocycles. The van der Waals surface area contributed by atoms with E-state index in [9.17, 15) is 22.0 Å². The first-order chi connectivity index (χ1) is 17.7. The smallest absolute Gasteiger partial charge is 0.214 e. The van der Waals surface area contributed by atoms with E-state index in [0.717, 1.165) is 55.9 Å². The van der Waals surface area contributed by atoms with Gasteiger partial charge in [0.1, 0.15) is 22.3 Å². The van der Waals surface area contributed by atoms with Crippen molar-refractivity contribution in [1.29, 1.82) is 0 Å². The van der Waals surface area contributed by atoms with E-state index in [1.807, 2.05) is 0 Å². The number of carbonyl (C=O) groups is 1. The second-order valence-electron chi connectivity index (χ2n) is 9.42. The number of halogens is 2. The fraction of sp³-hybridized carbons (Fsp3) is 0.583. The predicted octanol–water partition coefficient (Wildman–Crippen LogP) is 2.94. The Labute approximate surface area is 220 Å². The van der Waals surface area contributed by atoms with Gasteiger partial charge in [0.05, 0.1) is 17.4 Å². The number of methoxy groups -OCH3 is 1. The highest BCUT2D eigenvalue weighted by Crippen LogP contribution is 2.30. The molecule has 0 amide bonds.